The summed E-state index contributed by atoms with van der Waals surface area (Å²) in [5, 5.41) is 4.50. The Hall–Kier alpha value is -3.39. The summed E-state index contributed by atoms with van der Waals surface area (Å²) in [7, 11) is 1.65. The SMILES string of the molecule is C#CCN(C)C(=O)c1nc(CCc2ccccc2)n(-c2ccccc2C)n1. The summed E-state index contributed by atoms with van der Waals surface area (Å²) in [5.41, 5.74) is 3.21. The van der Waals surface area contributed by atoms with Gasteiger partial charge in [0.2, 0.25) is 5.82 Å². The van der Waals surface area contributed by atoms with Crippen LogP contribution in [0.1, 0.15) is 27.6 Å². The molecule has 0 radical (unpaired) electrons. The number of rotatable bonds is 6. The van der Waals surface area contributed by atoms with Crippen LogP contribution in [0.25, 0.3) is 5.69 Å². The smallest absolute Gasteiger partial charge is 0.294 e. The second-order valence-electron chi connectivity index (χ2n) is 6.40. The van der Waals surface area contributed by atoms with Crippen molar-refractivity contribution in [2.75, 3.05) is 13.6 Å². The van der Waals surface area contributed by atoms with Gasteiger partial charge in [0.05, 0.1) is 12.2 Å². The molecule has 5 nitrogen and oxygen atoms in total. The Balaban J connectivity index is 1.95. The molecule has 1 amide bonds. The molecule has 0 aliphatic heterocycles. The third-order valence-electron chi connectivity index (χ3n) is 4.36. The zero-order valence-electron chi connectivity index (χ0n) is 15.6. The minimum Gasteiger partial charge on any atom is -0.328 e. The van der Waals surface area contributed by atoms with Gasteiger partial charge < -0.3 is 4.90 Å². The number of hydrogen-bond acceptors (Lipinski definition) is 3. The molecule has 0 unspecified atom stereocenters. The van der Waals surface area contributed by atoms with Crippen LogP contribution >= 0.6 is 0 Å². The van der Waals surface area contributed by atoms with Crippen LogP contribution in [0.5, 0.6) is 0 Å². The Labute approximate surface area is 159 Å². The number of carbonyl (C=O) groups is 1. The van der Waals surface area contributed by atoms with E-state index in [1.807, 2.05) is 49.4 Å². The third-order valence-corrected chi connectivity index (χ3v) is 4.36. The molecule has 2 aromatic carbocycles. The van der Waals surface area contributed by atoms with Crippen molar-refractivity contribution in [3.05, 3.63) is 77.4 Å². The molecule has 0 atom stereocenters. The normalized spacial score (nSPS) is 10.4. The maximum atomic E-state index is 12.6. The molecule has 1 heterocycles. The average molecular weight is 358 g/mol. The van der Waals surface area contributed by atoms with Crippen LogP contribution < -0.4 is 0 Å². The number of nitrogens with zero attached hydrogens (tertiary/aromatic N) is 4. The molecule has 0 fully saturated rings. The van der Waals surface area contributed by atoms with Crippen molar-refractivity contribution >= 4 is 5.91 Å². The summed E-state index contributed by atoms with van der Waals surface area (Å²) >= 11 is 0. The van der Waals surface area contributed by atoms with Gasteiger partial charge in [0.25, 0.3) is 5.91 Å². The molecule has 0 spiro atoms. The largest absolute Gasteiger partial charge is 0.328 e. The van der Waals surface area contributed by atoms with E-state index < -0.39 is 0 Å². The second-order valence-corrected chi connectivity index (χ2v) is 6.40. The van der Waals surface area contributed by atoms with Gasteiger partial charge in [0.1, 0.15) is 5.82 Å². The maximum absolute atomic E-state index is 12.6. The molecule has 0 N–H and O–H groups in total. The molecule has 3 rings (SSSR count). The van der Waals surface area contributed by atoms with E-state index in [-0.39, 0.29) is 18.3 Å². The first-order valence-corrected chi connectivity index (χ1v) is 8.85. The lowest BCUT2D eigenvalue weighted by molar-refractivity contribution is 0.0800. The van der Waals surface area contributed by atoms with Crippen LogP contribution in [0.15, 0.2) is 54.6 Å². The molecule has 0 saturated carbocycles. The number of para-hydroxylation sites is 1. The highest BCUT2D eigenvalue weighted by Crippen LogP contribution is 2.17. The van der Waals surface area contributed by atoms with E-state index in [0.717, 1.165) is 23.5 Å². The molecule has 3 aromatic rings. The monoisotopic (exact) mass is 358 g/mol. The van der Waals surface area contributed by atoms with Crippen molar-refractivity contribution in [1.82, 2.24) is 19.7 Å². The zero-order valence-corrected chi connectivity index (χ0v) is 15.6. The molecule has 0 bridgehead atoms. The highest BCUT2D eigenvalue weighted by Gasteiger charge is 2.20. The van der Waals surface area contributed by atoms with Crippen molar-refractivity contribution in [3.8, 4) is 18.0 Å². The summed E-state index contributed by atoms with van der Waals surface area (Å²) in [5.74, 6) is 3.11. The van der Waals surface area contributed by atoms with Gasteiger partial charge in [-0.1, -0.05) is 54.5 Å². The van der Waals surface area contributed by atoms with Gasteiger partial charge in [0.15, 0.2) is 0 Å². The number of carbonyl (C=O) groups excluding carboxylic acids is 1. The molecule has 0 aliphatic carbocycles. The summed E-state index contributed by atoms with van der Waals surface area (Å²) in [6, 6.07) is 18.1. The van der Waals surface area contributed by atoms with Gasteiger partial charge in [-0.25, -0.2) is 9.67 Å². The lowest BCUT2D eigenvalue weighted by Gasteiger charge is -2.10. The fourth-order valence-electron chi connectivity index (χ4n) is 2.87. The molecule has 27 heavy (non-hydrogen) atoms. The number of benzene rings is 2. The average Bonchev–Trinajstić information content (AvgIpc) is 3.11. The maximum Gasteiger partial charge on any atom is 0.294 e. The number of hydrogen-bond donors (Lipinski definition) is 0. The Morgan fingerprint density at radius 1 is 1.11 bits per heavy atom. The Bertz CT molecular complexity index is 969. The number of amides is 1. The number of terminal acetylenes is 1. The van der Waals surface area contributed by atoms with Crippen LogP contribution in [-0.4, -0.2) is 39.2 Å². The van der Waals surface area contributed by atoms with E-state index in [2.05, 4.69) is 28.1 Å². The van der Waals surface area contributed by atoms with Crippen molar-refractivity contribution in [2.24, 2.45) is 0 Å². The molecule has 5 heteroatoms. The lowest BCUT2D eigenvalue weighted by Crippen LogP contribution is -2.28. The molecular weight excluding hydrogens is 336 g/mol. The van der Waals surface area contributed by atoms with E-state index in [4.69, 9.17) is 6.42 Å². The summed E-state index contributed by atoms with van der Waals surface area (Å²) < 4.78 is 1.77. The Kier molecular flexibility index (Phi) is 5.68. The molecular formula is C22H22N4O. The second kappa shape index (κ2) is 8.33. The van der Waals surface area contributed by atoms with Gasteiger partial charge in [-0.15, -0.1) is 11.5 Å². The third kappa shape index (κ3) is 4.24. The van der Waals surface area contributed by atoms with Crippen LogP contribution in [0.3, 0.4) is 0 Å². The number of aromatic nitrogens is 3. The first kappa shape index (κ1) is 18.4. The van der Waals surface area contributed by atoms with E-state index in [0.29, 0.717) is 6.42 Å². The fraction of sp³-hybridized carbons (Fsp3) is 0.227. The van der Waals surface area contributed by atoms with Crippen LogP contribution in [0.2, 0.25) is 0 Å². The van der Waals surface area contributed by atoms with Crippen molar-refractivity contribution in [1.29, 1.82) is 0 Å². The first-order valence-electron chi connectivity index (χ1n) is 8.85. The summed E-state index contributed by atoms with van der Waals surface area (Å²) in [6.07, 6.45) is 6.81. The van der Waals surface area contributed by atoms with Gasteiger partial charge in [0, 0.05) is 13.5 Å². The van der Waals surface area contributed by atoms with Gasteiger partial charge in [-0.05, 0) is 30.5 Å². The predicted molar refractivity (Wildman–Crippen MR) is 106 cm³/mol. The highest BCUT2D eigenvalue weighted by atomic mass is 16.2. The van der Waals surface area contributed by atoms with Crippen LogP contribution in [-0.2, 0) is 12.8 Å². The fourth-order valence-corrected chi connectivity index (χ4v) is 2.87. The van der Waals surface area contributed by atoms with Gasteiger partial charge in [-0.2, -0.15) is 0 Å². The molecule has 0 aliphatic rings. The minimum absolute atomic E-state index is 0.166. The standard InChI is InChI=1S/C22H22N4O/c1-4-16-25(3)22(27)21-23-20(15-14-18-11-6-5-7-12-18)26(24-21)19-13-9-8-10-17(19)2/h1,5-13H,14-16H2,2-3H3. The summed E-state index contributed by atoms with van der Waals surface area (Å²) in [6.45, 7) is 2.24. The first-order chi connectivity index (χ1) is 13.1. The van der Waals surface area contributed by atoms with E-state index in [1.54, 1.807) is 11.7 Å². The van der Waals surface area contributed by atoms with Gasteiger partial charge >= 0.3 is 0 Å². The molecule has 0 saturated heterocycles. The topological polar surface area (TPSA) is 51.0 Å². The van der Waals surface area contributed by atoms with E-state index >= 15 is 0 Å². The zero-order chi connectivity index (χ0) is 19.2. The highest BCUT2D eigenvalue weighted by molar-refractivity contribution is 5.90. The Morgan fingerprint density at radius 3 is 2.52 bits per heavy atom. The van der Waals surface area contributed by atoms with Gasteiger partial charge in [-0.3, -0.25) is 4.79 Å². The molecule has 136 valence electrons. The Morgan fingerprint density at radius 2 is 1.81 bits per heavy atom. The van der Waals surface area contributed by atoms with Crippen molar-refractivity contribution in [3.63, 3.8) is 0 Å². The van der Waals surface area contributed by atoms with Crippen molar-refractivity contribution < 1.29 is 4.79 Å². The quantitative estimate of drug-likeness (QED) is 0.637. The summed E-state index contributed by atoms with van der Waals surface area (Å²) in [4.78, 5) is 18.6. The minimum atomic E-state index is -0.277. The number of aryl methyl sites for hydroxylation is 3. The van der Waals surface area contributed by atoms with E-state index in [1.165, 1.54) is 10.5 Å². The lowest BCUT2D eigenvalue weighted by atomic mass is 10.1. The predicted octanol–water partition coefficient (Wildman–Crippen LogP) is 3.07. The van der Waals surface area contributed by atoms with E-state index in [9.17, 15) is 4.79 Å². The van der Waals surface area contributed by atoms with Crippen LogP contribution in [0.4, 0.5) is 0 Å². The molecule has 1 aromatic heterocycles. The van der Waals surface area contributed by atoms with Crippen molar-refractivity contribution in [2.45, 2.75) is 19.8 Å². The van der Waals surface area contributed by atoms with Crippen LogP contribution in [0, 0.1) is 19.3 Å².